The highest BCUT2D eigenvalue weighted by Crippen LogP contribution is 2.17. The zero-order chi connectivity index (χ0) is 15.1. The molecule has 1 heterocycles. The number of ether oxygens (including phenoxy) is 2. The molecule has 4 nitrogen and oxygen atoms in total. The summed E-state index contributed by atoms with van der Waals surface area (Å²) in [5.41, 5.74) is 1.75. The highest BCUT2D eigenvalue weighted by Gasteiger charge is 2.15. The molecule has 1 aliphatic heterocycles. The van der Waals surface area contributed by atoms with E-state index in [0.717, 1.165) is 35.9 Å². The highest BCUT2D eigenvalue weighted by molar-refractivity contribution is 9.10. The maximum absolute atomic E-state index is 12.1. The summed E-state index contributed by atoms with van der Waals surface area (Å²) in [5.74, 6) is -0.0512. The van der Waals surface area contributed by atoms with Crippen molar-refractivity contribution < 1.29 is 14.3 Å². The fourth-order valence-electron chi connectivity index (χ4n) is 2.28. The van der Waals surface area contributed by atoms with Gasteiger partial charge in [-0.1, -0.05) is 11.6 Å². The second-order valence-electron chi connectivity index (χ2n) is 5.30. The van der Waals surface area contributed by atoms with Gasteiger partial charge in [-0.25, -0.2) is 0 Å². The Morgan fingerprint density at radius 2 is 2.38 bits per heavy atom. The molecule has 1 unspecified atom stereocenters. The average molecular weight is 356 g/mol. The predicted molar refractivity (Wildman–Crippen MR) is 85.6 cm³/mol. The summed E-state index contributed by atoms with van der Waals surface area (Å²) in [6.07, 6.45) is 3.30. The SMILES string of the molecule is Cc1ccc(Br)c(C(=O)NCCCOCC2CCCO2)c1. The van der Waals surface area contributed by atoms with Crippen LogP contribution in [0.3, 0.4) is 0 Å². The Morgan fingerprint density at radius 1 is 1.52 bits per heavy atom. The second-order valence-corrected chi connectivity index (χ2v) is 6.16. The molecule has 2 rings (SSSR count). The Morgan fingerprint density at radius 3 is 3.14 bits per heavy atom. The number of hydrogen-bond donors (Lipinski definition) is 1. The predicted octanol–water partition coefficient (Wildman–Crippen LogP) is 3.07. The maximum Gasteiger partial charge on any atom is 0.252 e. The smallest absolute Gasteiger partial charge is 0.252 e. The van der Waals surface area contributed by atoms with E-state index >= 15 is 0 Å². The van der Waals surface area contributed by atoms with Gasteiger partial charge in [0.25, 0.3) is 5.91 Å². The van der Waals surface area contributed by atoms with Gasteiger partial charge in [0, 0.05) is 24.2 Å². The topological polar surface area (TPSA) is 47.6 Å². The molecule has 1 aliphatic rings. The molecule has 116 valence electrons. The van der Waals surface area contributed by atoms with Crippen LogP contribution < -0.4 is 5.32 Å². The van der Waals surface area contributed by atoms with Gasteiger partial charge in [0.1, 0.15) is 0 Å². The van der Waals surface area contributed by atoms with Crippen molar-refractivity contribution in [1.29, 1.82) is 0 Å². The molecule has 21 heavy (non-hydrogen) atoms. The quantitative estimate of drug-likeness (QED) is 0.764. The summed E-state index contributed by atoms with van der Waals surface area (Å²) < 4.78 is 11.9. The standard InChI is InChI=1S/C16H22BrNO3/c1-12-5-6-15(17)14(10-12)16(19)18-7-3-8-20-11-13-4-2-9-21-13/h5-6,10,13H,2-4,7-9,11H2,1H3,(H,18,19). The fraction of sp³-hybridized carbons (Fsp3) is 0.562. The van der Waals surface area contributed by atoms with Crippen molar-refractivity contribution in [2.75, 3.05) is 26.4 Å². The number of carbonyl (C=O) groups excluding carboxylic acids is 1. The molecule has 0 bridgehead atoms. The first-order valence-electron chi connectivity index (χ1n) is 7.40. The first-order valence-corrected chi connectivity index (χ1v) is 8.20. The van der Waals surface area contributed by atoms with E-state index < -0.39 is 0 Å². The van der Waals surface area contributed by atoms with E-state index in [1.807, 2.05) is 25.1 Å². The molecule has 1 fully saturated rings. The Balaban J connectivity index is 1.61. The Labute approximate surface area is 134 Å². The summed E-state index contributed by atoms with van der Waals surface area (Å²) >= 11 is 3.40. The van der Waals surface area contributed by atoms with Gasteiger partial charge in [-0.3, -0.25) is 4.79 Å². The van der Waals surface area contributed by atoms with Crippen LogP contribution in [0.25, 0.3) is 0 Å². The second kappa shape index (κ2) is 8.51. The Hall–Kier alpha value is -0.910. The third-order valence-corrected chi connectivity index (χ3v) is 4.14. The van der Waals surface area contributed by atoms with Crippen LogP contribution in [0, 0.1) is 6.92 Å². The number of amides is 1. The summed E-state index contributed by atoms with van der Waals surface area (Å²) in [7, 11) is 0. The lowest BCUT2D eigenvalue weighted by atomic mass is 10.1. The molecule has 0 radical (unpaired) electrons. The highest BCUT2D eigenvalue weighted by atomic mass is 79.9. The molecular weight excluding hydrogens is 334 g/mol. The number of rotatable bonds is 7. The molecule has 0 aliphatic carbocycles. The lowest BCUT2D eigenvalue weighted by molar-refractivity contribution is 0.0166. The molecule has 5 heteroatoms. The van der Waals surface area contributed by atoms with Gasteiger partial charge in [0.15, 0.2) is 0 Å². The van der Waals surface area contributed by atoms with Crippen LogP contribution in [0.15, 0.2) is 22.7 Å². The van der Waals surface area contributed by atoms with Gasteiger partial charge >= 0.3 is 0 Å². The van der Waals surface area contributed by atoms with Crippen LogP contribution in [0.2, 0.25) is 0 Å². The minimum atomic E-state index is -0.0512. The molecule has 1 amide bonds. The third kappa shape index (κ3) is 5.41. The van der Waals surface area contributed by atoms with E-state index in [1.54, 1.807) is 0 Å². The van der Waals surface area contributed by atoms with E-state index in [-0.39, 0.29) is 12.0 Å². The molecular formula is C16H22BrNO3. The van der Waals surface area contributed by atoms with Crippen molar-refractivity contribution in [3.05, 3.63) is 33.8 Å². The van der Waals surface area contributed by atoms with Gasteiger partial charge in [-0.2, -0.15) is 0 Å². The molecule has 1 N–H and O–H groups in total. The minimum Gasteiger partial charge on any atom is -0.379 e. The van der Waals surface area contributed by atoms with Crippen molar-refractivity contribution in [1.82, 2.24) is 5.32 Å². The summed E-state index contributed by atoms with van der Waals surface area (Å²) in [4.78, 5) is 12.1. The van der Waals surface area contributed by atoms with E-state index in [0.29, 0.717) is 25.3 Å². The number of nitrogens with one attached hydrogen (secondary N) is 1. The number of benzene rings is 1. The van der Waals surface area contributed by atoms with Crippen molar-refractivity contribution in [3.8, 4) is 0 Å². The average Bonchev–Trinajstić information content (AvgIpc) is 2.98. The van der Waals surface area contributed by atoms with Gasteiger partial charge in [-0.05, 0) is 54.2 Å². The first kappa shape index (κ1) is 16.5. The molecule has 1 aromatic rings. The number of carbonyl (C=O) groups is 1. The normalized spacial score (nSPS) is 17.9. The Kier molecular flexibility index (Phi) is 6.67. The molecule has 1 atom stereocenters. The maximum atomic E-state index is 12.1. The van der Waals surface area contributed by atoms with Crippen LogP contribution in [0.4, 0.5) is 0 Å². The van der Waals surface area contributed by atoms with Gasteiger partial charge in [0.05, 0.1) is 18.3 Å². The molecule has 1 aromatic carbocycles. The first-order chi connectivity index (χ1) is 10.2. The van der Waals surface area contributed by atoms with E-state index in [2.05, 4.69) is 21.2 Å². The zero-order valence-electron chi connectivity index (χ0n) is 12.4. The largest absolute Gasteiger partial charge is 0.379 e. The van der Waals surface area contributed by atoms with Gasteiger partial charge < -0.3 is 14.8 Å². The van der Waals surface area contributed by atoms with Crippen LogP contribution in [-0.2, 0) is 9.47 Å². The van der Waals surface area contributed by atoms with Gasteiger partial charge in [-0.15, -0.1) is 0 Å². The zero-order valence-corrected chi connectivity index (χ0v) is 13.9. The summed E-state index contributed by atoms with van der Waals surface area (Å²) in [6.45, 7) is 4.76. The van der Waals surface area contributed by atoms with Crippen molar-refractivity contribution in [3.63, 3.8) is 0 Å². The number of aryl methyl sites for hydroxylation is 1. The van der Waals surface area contributed by atoms with Crippen molar-refractivity contribution >= 4 is 21.8 Å². The minimum absolute atomic E-state index is 0.0512. The lowest BCUT2D eigenvalue weighted by Crippen LogP contribution is -2.26. The third-order valence-electron chi connectivity index (χ3n) is 3.45. The molecule has 0 spiro atoms. The number of hydrogen-bond acceptors (Lipinski definition) is 3. The monoisotopic (exact) mass is 355 g/mol. The lowest BCUT2D eigenvalue weighted by Gasteiger charge is -2.11. The van der Waals surface area contributed by atoms with E-state index in [9.17, 15) is 4.79 Å². The molecule has 0 saturated carbocycles. The fourth-order valence-corrected chi connectivity index (χ4v) is 2.70. The van der Waals surface area contributed by atoms with E-state index in [1.165, 1.54) is 0 Å². The Bertz CT molecular complexity index is 473. The van der Waals surface area contributed by atoms with Crippen LogP contribution >= 0.6 is 15.9 Å². The van der Waals surface area contributed by atoms with Crippen LogP contribution in [0.5, 0.6) is 0 Å². The van der Waals surface area contributed by atoms with Crippen LogP contribution in [0.1, 0.15) is 35.2 Å². The van der Waals surface area contributed by atoms with Crippen molar-refractivity contribution in [2.24, 2.45) is 0 Å². The number of halogens is 1. The molecule has 0 aromatic heterocycles. The summed E-state index contributed by atoms with van der Waals surface area (Å²) in [5, 5.41) is 2.92. The summed E-state index contributed by atoms with van der Waals surface area (Å²) in [6, 6.07) is 5.75. The van der Waals surface area contributed by atoms with Gasteiger partial charge in [0.2, 0.25) is 0 Å². The van der Waals surface area contributed by atoms with Crippen LogP contribution in [-0.4, -0.2) is 38.4 Å². The molecule has 1 saturated heterocycles. The van der Waals surface area contributed by atoms with E-state index in [4.69, 9.17) is 9.47 Å². The van der Waals surface area contributed by atoms with Crippen molar-refractivity contribution in [2.45, 2.75) is 32.3 Å².